The third-order valence-corrected chi connectivity index (χ3v) is 5.43. The Bertz CT molecular complexity index is 1350. The van der Waals surface area contributed by atoms with Gasteiger partial charge in [-0.25, -0.2) is 4.79 Å². The van der Waals surface area contributed by atoms with Gasteiger partial charge in [0.15, 0.2) is 5.60 Å². The molecule has 1 spiro atoms. The van der Waals surface area contributed by atoms with Gasteiger partial charge in [0.25, 0.3) is 0 Å². The number of benzene rings is 3. The summed E-state index contributed by atoms with van der Waals surface area (Å²) in [6.07, 6.45) is 0. The van der Waals surface area contributed by atoms with E-state index in [0.29, 0.717) is 16.7 Å². The Balaban J connectivity index is 1.82. The standard InChI is InChI=1S/C20H13NO8S/c21-15-3-1-2-14-18(15)19(23)28-20(14)12-6-4-10(22)8-16(12)27-17-9-11(5-7-13(17)20)29-30(24,25)26/h1-9,22H,21H2,(H,24,25,26). The summed E-state index contributed by atoms with van der Waals surface area (Å²) < 4.78 is 47.4. The van der Waals surface area contributed by atoms with Crippen LogP contribution >= 0.6 is 0 Å². The molecule has 0 saturated carbocycles. The smallest absolute Gasteiger partial charge is 0.446 e. The van der Waals surface area contributed by atoms with Crippen LogP contribution in [0, 0.1) is 0 Å². The number of phenols is 1. The van der Waals surface area contributed by atoms with E-state index in [9.17, 15) is 18.3 Å². The van der Waals surface area contributed by atoms with Gasteiger partial charge in [0.2, 0.25) is 0 Å². The number of carbonyl (C=O) groups excluding carboxylic acids is 1. The zero-order valence-corrected chi connectivity index (χ0v) is 15.8. The number of nitrogens with two attached hydrogens (primary N) is 1. The van der Waals surface area contributed by atoms with E-state index in [2.05, 4.69) is 4.18 Å². The molecule has 3 aromatic carbocycles. The van der Waals surface area contributed by atoms with Gasteiger partial charge in [-0.15, -0.1) is 0 Å². The van der Waals surface area contributed by atoms with Crippen LogP contribution in [0.3, 0.4) is 0 Å². The monoisotopic (exact) mass is 427 g/mol. The number of esters is 1. The quantitative estimate of drug-likeness (QED) is 0.319. The largest absolute Gasteiger partial charge is 0.508 e. The highest BCUT2D eigenvalue weighted by Crippen LogP contribution is 2.57. The van der Waals surface area contributed by atoms with Crippen molar-refractivity contribution < 1.29 is 36.5 Å². The summed E-state index contributed by atoms with van der Waals surface area (Å²) in [5, 5.41) is 9.92. The number of carbonyl (C=O) groups is 1. The molecule has 0 aromatic heterocycles. The number of phenolic OH excluding ortho intramolecular Hbond substituents is 1. The van der Waals surface area contributed by atoms with Crippen molar-refractivity contribution in [2.45, 2.75) is 5.60 Å². The van der Waals surface area contributed by atoms with Gasteiger partial charge in [-0.2, -0.15) is 8.42 Å². The van der Waals surface area contributed by atoms with Crippen LogP contribution in [0.2, 0.25) is 0 Å². The summed E-state index contributed by atoms with van der Waals surface area (Å²) in [4.78, 5) is 12.8. The third kappa shape index (κ3) is 2.51. The highest BCUT2D eigenvalue weighted by atomic mass is 32.3. The number of ether oxygens (including phenoxy) is 2. The summed E-state index contributed by atoms with van der Waals surface area (Å²) in [5.74, 6) is -0.637. The lowest BCUT2D eigenvalue weighted by atomic mass is 9.77. The molecule has 2 heterocycles. The highest BCUT2D eigenvalue weighted by molar-refractivity contribution is 7.81. The van der Waals surface area contributed by atoms with Gasteiger partial charge in [0.1, 0.15) is 23.0 Å². The molecule has 0 aliphatic carbocycles. The van der Waals surface area contributed by atoms with Crippen LogP contribution in [-0.4, -0.2) is 24.0 Å². The fourth-order valence-corrected chi connectivity index (χ4v) is 4.28. The van der Waals surface area contributed by atoms with Crippen LogP contribution in [0.15, 0.2) is 54.6 Å². The summed E-state index contributed by atoms with van der Waals surface area (Å²) in [6, 6.07) is 13.3. The lowest BCUT2D eigenvalue weighted by Crippen LogP contribution is -2.33. The SMILES string of the molecule is Nc1cccc2c1C(=O)OC21c2ccc(O)cc2Oc2cc(OS(=O)(=O)O)ccc21. The van der Waals surface area contributed by atoms with E-state index in [0.717, 1.165) is 0 Å². The van der Waals surface area contributed by atoms with Crippen LogP contribution in [0.4, 0.5) is 5.69 Å². The molecule has 4 N–H and O–H groups in total. The van der Waals surface area contributed by atoms with Crippen LogP contribution in [0.5, 0.6) is 23.0 Å². The first kappa shape index (κ1) is 18.3. The molecule has 152 valence electrons. The predicted octanol–water partition coefficient (Wildman–Crippen LogP) is 2.72. The summed E-state index contributed by atoms with van der Waals surface area (Å²) in [5.41, 5.74) is 6.36. The molecule has 0 bridgehead atoms. The Morgan fingerprint density at radius 1 is 0.967 bits per heavy atom. The first-order valence-corrected chi connectivity index (χ1v) is 10.0. The molecule has 3 aromatic rings. The second kappa shape index (κ2) is 5.88. The number of hydrogen-bond acceptors (Lipinski definition) is 8. The van der Waals surface area contributed by atoms with Crippen molar-refractivity contribution in [1.82, 2.24) is 0 Å². The second-order valence-corrected chi connectivity index (χ2v) is 7.81. The first-order chi connectivity index (χ1) is 14.2. The lowest BCUT2D eigenvalue weighted by Gasteiger charge is -2.36. The van der Waals surface area contributed by atoms with Crippen molar-refractivity contribution in [1.29, 1.82) is 0 Å². The summed E-state index contributed by atoms with van der Waals surface area (Å²) in [7, 11) is -4.76. The molecule has 5 rings (SSSR count). The number of nitrogen functional groups attached to an aromatic ring is 1. The molecule has 10 heteroatoms. The molecular formula is C20H13NO8S. The van der Waals surface area contributed by atoms with Crippen molar-refractivity contribution in [3.05, 3.63) is 76.9 Å². The molecular weight excluding hydrogens is 414 g/mol. The lowest BCUT2D eigenvalue weighted by molar-refractivity contribution is 0.0224. The molecule has 30 heavy (non-hydrogen) atoms. The minimum atomic E-state index is -4.76. The van der Waals surface area contributed by atoms with Crippen molar-refractivity contribution >= 4 is 22.1 Å². The van der Waals surface area contributed by atoms with Gasteiger partial charge in [0.05, 0.1) is 5.56 Å². The number of aromatic hydroxyl groups is 1. The Labute approximate surface area is 170 Å². The Morgan fingerprint density at radius 2 is 1.67 bits per heavy atom. The van der Waals surface area contributed by atoms with Crippen molar-refractivity contribution in [3.8, 4) is 23.0 Å². The summed E-state index contributed by atoms with van der Waals surface area (Å²) in [6.45, 7) is 0. The van der Waals surface area contributed by atoms with Gasteiger partial charge in [0, 0.05) is 34.5 Å². The molecule has 1 atom stereocenters. The van der Waals surface area contributed by atoms with Crippen molar-refractivity contribution in [3.63, 3.8) is 0 Å². The van der Waals surface area contributed by atoms with Gasteiger partial charge in [-0.3, -0.25) is 4.55 Å². The van der Waals surface area contributed by atoms with E-state index in [1.54, 1.807) is 24.3 Å². The van der Waals surface area contributed by atoms with Crippen LogP contribution < -0.4 is 14.7 Å². The first-order valence-electron chi connectivity index (χ1n) is 8.64. The van der Waals surface area contributed by atoms with Crippen LogP contribution in [0.1, 0.15) is 27.0 Å². The van der Waals surface area contributed by atoms with Gasteiger partial charge < -0.3 is 24.5 Å². The minimum Gasteiger partial charge on any atom is -0.508 e. The Hall–Kier alpha value is -3.76. The topological polar surface area (TPSA) is 145 Å². The van der Waals surface area contributed by atoms with Crippen LogP contribution in [-0.2, 0) is 20.7 Å². The molecule has 9 nitrogen and oxygen atoms in total. The maximum atomic E-state index is 12.8. The Morgan fingerprint density at radius 3 is 2.40 bits per heavy atom. The second-order valence-electron chi connectivity index (χ2n) is 6.79. The third-order valence-electron chi connectivity index (χ3n) is 5.02. The van der Waals surface area contributed by atoms with Crippen molar-refractivity contribution in [2.75, 3.05) is 5.73 Å². The Kier molecular flexibility index (Phi) is 3.58. The maximum absolute atomic E-state index is 12.8. The number of rotatable bonds is 2. The minimum absolute atomic E-state index is 0.0881. The van der Waals surface area contributed by atoms with E-state index >= 15 is 0 Å². The van der Waals surface area contributed by atoms with Gasteiger partial charge in [-0.05, 0) is 30.3 Å². The molecule has 0 saturated heterocycles. The normalized spacial score (nSPS) is 18.8. The molecule has 0 radical (unpaired) electrons. The van der Waals surface area contributed by atoms with E-state index in [4.69, 9.17) is 19.8 Å². The molecule has 2 aliphatic heterocycles. The fourth-order valence-electron chi connectivity index (χ4n) is 3.94. The maximum Gasteiger partial charge on any atom is 0.446 e. The fraction of sp³-hybridized carbons (Fsp3) is 0.0500. The van der Waals surface area contributed by atoms with Crippen LogP contribution in [0.25, 0.3) is 0 Å². The zero-order chi connectivity index (χ0) is 21.3. The molecule has 1 unspecified atom stereocenters. The van der Waals surface area contributed by atoms with E-state index in [1.165, 1.54) is 30.3 Å². The average molecular weight is 427 g/mol. The number of hydrogen-bond donors (Lipinski definition) is 3. The summed E-state index contributed by atoms with van der Waals surface area (Å²) >= 11 is 0. The van der Waals surface area contributed by atoms with E-state index < -0.39 is 22.0 Å². The van der Waals surface area contributed by atoms with Gasteiger partial charge >= 0.3 is 16.4 Å². The van der Waals surface area contributed by atoms with E-state index in [1.807, 2.05) is 0 Å². The van der Waals surface area contributed by atoms with Crippen molar-refractivity contribution in [2.24, 2.45) is 0 Å². The van der Waals surface area contributed by atoms with Gasteiger partial charge in [-0.1, -0.05) is 12.1 Å². The predicted molar refractivity (Wildman–Crippen MR) is 103 cm³/mol. The molecule has 0 fully saturated rings. The average Bonchev–Trinajstić information content (AvgIpc) is 2.94. The zero-order valence-electron chi connectivity index (χ0n) is 15.0. The number of fused-ring (bicyclic) bond motifs is 6. The highest BCUT2D eigenvalue weighted by Gasteiger charge is 2.54. The number of anilines is 1. The van der Waals surface area contributed by atoms with E-state index in [-0.39, 0.29) is 34.2 Å². The molecule has 2 aliphatic rings. The molecule has 0 amide bonds.